The van der Waals surface area contributed by atoms with E-state index in [0.29, 0.717) is 0 Å². The summed E-state index contributed by atoms with van der Waals surface area (Å²) < 4.78 is 3.62. The second kappa shape index (κ2) is 1.84. The maximum absolute atomic E-state index is 10.2. The fraction of sp³-hybridized carbons (Fsp3) is 0. The van der Waals surface area contributed by atoms with E-state index in [4.69, 9.17) is 0 Å². The van der Waals surface area contributed by atoms with Crippen LogP contribution in [0.4, 0.5) is 0 Å². The van der Waals surface area contributed by atoms with Gasteiger partial charge in [0, 0.05) is 17.7 Å². The molecule has 1 rings (SSSR count). The maximum Gasteiger partial charge on any atom is 0.249 e. The van der Waals surface area contributed by atoms with Crippen molar-refractivity contribution in [2.75, 3.05) is 0 Å². The van der Waals surface area contributed by atoms with Crippen LogP contribution in [0.5, 0.6) is 0 Å². The minimum atomic E-state index is 0.00231. The molecule has 0 bridgehead atoms. The zero-order valence-corrected chi connectivity index (χ0v) is 4.31. The van der Waals surface area contributed by atoms with Gasteiger partial charge in [0.1, 0.15) is 0 Å². The van der Waals surface area contributed by atoms with Crippen molar-refractivity contribution >= 4 is 11.5 Å². The quantitative estimate of drug-likeness (QED) is 0.490. The van der Waals surface area contributed by atoms with Crippen LogP contribution in [0.3, 0.4) is 0 Å². The minimum Gasteiger partial charge on any atom is -0.276 e. The Morgan fingerprint density at radius 3 is 2.86 bits per heavy atom. The molecule has 0 atom stereocenters. The molecule has 0 aliphatic heterocycles. The van der Waals surface area contributed by atoms with Gasteiger partial charge in [0.2, 0.25) is 4.74 Å². The van der Waals surface area contributed by atoms with Crippen molar-refractivity contribution in [3.05, 3.63) is 27.9 Å². The predicted molar refractivity (Wildman–Crippen MR) is 28.4 cm³/mol. The SMILES string of the molecule is O=c1cccns1. The first-order chi connectivity index (χ1) is 3.39. The molecule has 3 heteroatoms. The fourth-order valence-corrected chi connectivity index (χ4v) is 0.644. The maximum atomic E-state index is 10.2. The van der Waals surface area contributed by atoms with Crippen LogP contribution in [0.15, 0.2) is 23.1 Å². The minimum absolute atomic E-state index is 0.00231. The molecule has 0 N–H and O–H groups in total. The summed E-state index contributed by atoms with van der Waals surface area (Å²) in [6.07, 6.45) is 1.59. The first kappa shape index (κ1) is 4.46. The monoisotopic (exact) mass is 113 g/mol. The molecule has 1 aromatic rings. The summed E-state index contributed by atoms with van der Waals surface area (Å²) >= 11 is 0.962. The smallest absolute Gasteiger partial charge is 0.249 e. The van der Waals surface area contributed by atoms with E-state index in [1.165, 1.54) is 6.07 Å². The van der Waals surface area contributed by atoms with Crippen LogP contribution in [0.1, 0.15) is 0 Å². The lowest BCUT2D eigenvalue weighted by atomic mass is 10.6. The Kier molecular flexibility index (Phi) is 1.17. The van der Waals surface area contributed by atoms with Crippen molar-refractivity contribution in [2.45, 2.75) is 0 Å². The van der Waals surface area contributed by atoms with Crippen molar-refractivity contribution in [2.24, 2.45) is 0 Å². The van der Waals surface area contributed by atoms with Gasteiger partial charge in [-0.15, -0.1) is 0 Å². The van der Waals surface area contributed by atoms with Crippen LogP contribution in [-0.4, -0.2) is 4.37 Å². The molecule has 0 saturated carbocycles. The van der Waals surface area contributed by atoms with E-state index in [9.17, 15) is 4.79 Å². The molecule has 0 aliphatic rings. The molecule has 1 aromatic heterocycles. The second-order valence-corrected chi connectivity index (χ2v) is 1.82. The second-order valence-electron chi connectivity index (χ2n) is 1.02. The van der Waals surface area contributed by atoms with Crippen LogP contribution in [0.2, 0.25) is 0 Å². The van der Waals surface area contributed by atoms with Crippen LogP contribution in [0, 0.1) is 0 Å². The molecule has 0 fully saturated rings. The summed E-state index contributed by atoms with van der Waals surface area (Å²) in [4.78, 5) is 10.2. The molecule has 36 valence electrons. The van der Waals surface area contributed by atoms with Crippen LogP contribution < -0.4 is 4.74 Å². The van der Waals surface area contributed by atoms with Crippen molar-refractivity contribution in [3.8, 4) is 0 Å². The number of hydrogen-bond donors (Lipinski definition) is 0. The number of nitrogens with zero attached hydrogens (tertiary/aromatic N) is 1. The molecule has 0 amide bonds. The molecule has 0 aromatic carbocycles. The van der Waals surface area contributed by atoms with E-state index in [-0.39, 0.29) is 4.74 Å². The van der Waals surface area contributed by atoms with Gasteiger partial charge in [0.05, 0.1) is 0 Å². The van der Waals surface area contributed by atoms with Gasteiger partial charge in [-0.1, -0.05) is 0 Å². The molecule has 2 nitrogen and oxygen atoms in total. The lowest BCUT2D eigenvalue weighted by Gasteiger charge is -1.68. The van der Waals surface area contributed by atoms with Crippen LogP contribution in [0.25, 0.3) is 0 Å². The molecule has 1 heterocycles. The third kappa shape index (κ3) is 1.08. The summed E-state index contributed by atoms with van der Waals surface area (Å²) in [7, 11) is 0. The Bertz CT molecular complexity index is 177. The molecule has 0 aliphatic carbocycles. The Morgan fingerprint density at radius 1 is 1.71 bits per heavy atom. The number of aromatic nitrogens is 1. The Hall–Kier alpha value is -0.700. The summed E-state index contributed by atoms with van der Waals surface area (Å²) in [6, 6.07) is 3.11. The largest absolute Gasteiger partial charge is 0.276 e. The van der Waals surface area contributed by atoms with E-state index in [0.717, 1.165) is 11.5 Å². The number of rotatable bonds is 0. The van der Waals surface area contributed by atoms with Gasteiger partial charge in [-0.2, -0.15) is 4.37 Å². The van der Waals surface area contributed by atoms with Crippen molar-refractivity contribution in [1.29, 1.82) is 0 Å². The van der Waals surface area contributed by atoms with Gasteiger partial charge in [-0.25, -0.2) is 0 Å². The summed E-state index contributed by atoms with van der Waals surface area (Å²) in [6.45, 7) is 0. The summed E-state index contributed by atoms with van der Waals surface area (Å²) in [5, 5.41) is 0. The molecule has 0 spiro atoms. The predicted octanol–water partition coefficient (Wildman–Crippen LogP) is 0.503. The lowest BCUT2D eigenvalue weighted by molar-refractivity contribution is 1.51. The van der Waals surface area contributed by atoms with E-state index in [1.807, 2.05) is 0 Å². The Labute approximate surface area is 44.6 Å². The normalized spacial score (nSPS) is 8.57. The highest BCUT2D eigenvalue weighted by atomic mass is 32.1. The molecule has 0 radical (unpaired) electrons. The van der Waals surface area contributed by atoms with Crippen molar-refractivity contribution in [1.82, 2.24) is 4.37 Å². The Balaban J connectivity index is 3.28. The average molecular weight is 113 g/mol. The molecular weight excluding hydrogens is 110 g/mol. The zero-order valence-electron chi connectivity index (χ0n) is 3.50. The van der Waals surface area contributed by atoms with Gasteiger partial charge in [-0.3, -0.25) is 4.79 Å². The lowest BCUT2D eigenvalue weighted by Crippen LogP contribution is -1.87. The highest BCUT2D eigenvalue weighted by Crippen LogP contribution is 1.73. The molecule has 0 unspecified atom stereocenters. The van der Waals surface area contributed by atoms with Crippen LogP contribution >= 0.6 is 11.5 Å². The standard InChI is InChI=1S/C4H3NOS/c6-4-2-1-3-5-7-4/h1-3H. The highest BCUT2D eigenvalue weighted by molar-refractivity contribution is 7.02. The third-order valence-corrected chi connectivity index (χ3v) is 1.07. The zero-order chi connectivity index (χ0) is 5.11. The first-order valence-corrected chi connectivity index (χ1v) is 2.58. The highest BCUT2D eigenvalue weighted by Gasteiger charge is 1.73. The first-order valence-electron chi connectivity index (χ1n) is 1.80. The Morgan fingerprint density at radius 2 is 2.57 bits per heavy atom. The van der Waals surface area contributed by atoms with Gasteiger partial charge < -0.3 is 0 Å². The van der Waals surface area contributed by atoms with Crippen LogP contribution in [-0.2, 0) is 0 Å². The van der Waals surface area contributed by atoms with Gasteiger partial charge in [0.15, 0.2) is 0 Å². The van der Waals surface area contributed by atoms with E-state index in [2.05, 4.69) is 4.37 Å². The molecule has 7 heavy (non-hydrogen) atoms. The van der Waals surface area contributed by atoms with Gasteiger partial charge >= 0.3 is 0 Å². The van der Waals surface area contributed by atoms with Gasteiger partial charge in [0.25, 0.3) is 0 Å². The van der Waals surface area contributed by atoms with Crippen molar-refractivity contribution < 1.29 is 0 Å². The van der Waals surface area contributed by atoms with E-state index in [1.54, 1.807) is 12.3 Å². The topological polar surface area (TPSA) is 30.0 Å². The third-order valence-electron chi connectivity index (χ3n) is 0.522. The summed E-state index contributed by atoms with van der Waals surface area (Å²) in [5.41, 5.74) is 0. The van der Waals surface area contributed by atoms with E-state index < -0.39 is 0 Å². The molecule has 0 saturated heterocycles. The summed E-state index contributed by atoms with van der Waals surface area (Å²) in [5.74, 6) is 0. The fourth-order valence-electron chi connectivity index (χ4n) is 0.270. The van der Waals surface area contributed by atoms with E-state index >= 15 is 0 Å². The van der Waals surface area contributed by atoms with Crippen molar-refractivity contribution in [3.63, 3.8) is 0 Å². The van der Waals surface area contributed by atoms with Gasteiger partial charge in [-0.05, 0) is 12.1 Å². The average Bonchev–Trinajstić information content (AvgIpc) is 1.69. The number of hydrogen-bond acceptors (Lipinski definition) is 3. The molecular formula is C4H3NOS.